The van der Waals surface area contributed by atoms with Gasteiger partial charge in [-0.3, -0.25) is 29.4 Å². The number of nitrogens with one attached hydrogen (secondary N) is 1. The number of nitrogens with zero attached hydrogens (tertiary/aromatic N) is 2. The number of amides is 3. The van der Waals surface area contributed by atoms with Gasteiger partial charge < -0.3 is 14.8 Å². The summed E-state index contributed by atoms with van der Waals surface area (Å²) in [5.74, 6) is -2.51. The molecule has 11 heteroatoms. The number of ether oxygens (including phenoxy) is 2. The maximum atomic E-state index is 12.8. The molecule has 0 unspecified atom stereocenters. The molecule has 4 rings (SSSR count). The van der Waals surface area contributed by atoms with Gasteiger partial charge in [0.05, 0.1) is 35.1 Å². The summed E-state index contributed by atoms with van der Waals surface area (Å²) in [6.45, 7) is -0.705. The van der Waals surface area contributed by atoms with Gasteiger partial charge >= 0.3 is 5.97 Å². The lowest BCUT2D eigenvalue weighted by Crippen LogP contribution is -2.31. The van der Waals surface area contributed by atoms with Crippen LogP contribution in [0.25, 0.3) is 0 Å². The number of carbonyl (C=O) groups excluding carboxylic acids is 4. The molecule has 2 fully saturated rings. The molecule has 1 heterocycles. The van der Waals surface area contributed by atoms with Gasteiger partial charge in [0, 0.05) is 12.1 Å². The summed E-state index contributed by atoms with van der Waals surface area (Å²) in [6, 6.07) is 9.75. The number of nitro groups is 1. The number of carbonyl (C=O) groups is 4. The standard InChI is InChI=1S/C24H23N3O8/c1-34-16-9-10-20(27(32)33)19(12-16)25-21(28)13-35-24(31)14-5-4-6-15(11-14)26-22(29)17-7-2-3-8-18(17)23(26)30/h4-6,9-12,17-18H,2-3,7-8,13H2,1H3,(H,25,28)/t17-,18-/m0/s1. The predicted octanol–water partition coefficient (Wildman–Crippen LogP) is 3.08. The lowest BCUT2D eigenvalue weighted by Gasteiger charge is -2.19. The zero-order valence-electron chi connectivity index (χ0n) is 18.9. The van der Waals surface area contributed by atoms with Crippen molar-refractivity contribution in [3.8, 4) is 5.75 Å². The van der Waals surface area contributed by atoms with Crippen molar-refractivity contribution in [2.75, 3.05) is 23.9 Å². The van der Waals surface area contributed by atoms with Crippen molar-refractivity contribution in [1.29, 1.82) is 0 Å². The maximum absolute atomic E-state index is 12.8. The summed E-state index contributed by atoms with van der Waals surface area (Å²) in [7, 11) is 1.37. The molecule has 11 nitrogen and oxygen atoms in total. The Morgan fingerprint density at radius 3 is 2.40 bits per heavy atom. The van der Waals surface area contributed by atoms with E-state index in [1.165, 1.54) is 43.5 Å². The molecule has 1 aliphatic heterocycles. The summed E-state index contributed by atoms with van der Waals surface area (Å²) < 4.78 is 10.1. The van der Waals surface area contributed by atoms with Crippen LogP contribution in [0.4, 0.5) is 17.1 Å². The van der Waals surface area contributed by atoms with Crippen molar-refractivity contribution in [2.45, 2.75) is 25.7 Å². The quantitative estimate of drug-likeness (QED) is 0.275. The van der Waals surface area contributed by atoms with Gasteiger partial charge in [-0.25, -0.2) is 4.79 Å². The summed E-state index contributed by atoms with van der Waals surface area (Å²) >= 11 is 0. The molecular weight excluding hydrogens is 458 g/mol. The van der Waals surface area contributed by atoms with Crippen LogP contribution < -0.4 is 15.0 Å². The third-order valence-electron chi connectivity index (χ3n) is 6.19. The average molecular weight is 481 g/mol. The smallest absolute Gasteiger partial charge is 0.338 e. The van der Waals surface area contributed by atoms with Crippen LogP contribution in [0.5, 0.6) is 5.75 Å². The fraction of sp³-hybridized carbons (Fsp3) is 0.333. The minimum atomic E-state index is -0.848. The van der Waals surface area contributed by atoms with Crippen LogP contribution in [-0.2, 0) is 19.1 Å². The second-order valence-corrected chi connectivity index (χ2v) is 8.32. The second kappa shape index (κ2) is 9.92. The fourth-order valence-corrected chi connectivity index (χ4v) is 4.49. The van der Waals surface area contributed by atoms with E-state index in [-0.39, 0.29) is 46.3 Å². The molecule has 1 aliphatic carbocycles. The van der Waals surface area contributed by atoms with Crippen LogP contribution in [-0.4, -0.2) is 42.3 Å². The van der Waals surface area contributed by atoms with Gasteiger partial charge in [-0.15, -0.1) is 0 Å². The van der Waals surface area contributed by atoms with E-state index in [9.17, 15) is 29.3 Å². The third-order valence-corrected chi connectivity index (χ3v) is 6.19. The molecule has 3 amide bonds. The van der Waals surface area contributed by atoms with Crippen molar-refractivity contribution >= 4 is 40.8 Å². The van der Waals surface area contributed by atoms with E-state index in [0.29, 0.717) is 18.6 Å². The summed E-state index contributed by atoms with van der Waals surface area (Å²) in [5, 5.41) is 13.5. The molecule has 1 saturated heterocycles. The minimum Gasteiger partial charge on any atom is -0.497 e. The molecule has 2 aliphatic rings. The highest BCUT2D eigenvalue weighted by Gasteiger charge is 2.48. The molecule has 1 saturated carbocycles. The Morgan fingerprint density at radius 1 is 1.09 bits per heavy atom. The molecule has 0 spiro atoms. The van der Waals surface area contributed by atoms with Crippen LogP contribution >= 0.6 is 0 Å². The highest BCUT2D eigenvalue weighted by atomic mass is 16.6. The molecule has 2 atom stereocenters. The SMILES string of the molecule is COc1ccc([N+](=O)[O-])c(NC(=O)COC(=O)c2cccc(N3C(=O)[C@H]4CCCC[C@@H]4C3=O)c2)c1. The summed E-state index contributed by atoms with van der Waals surface area (Å²) in [4.78, 5) is 62.1. The van der Waals surface area contributed by atoms with Gasteiger partial charge in [-0.2, -0.15) is 0 Å². The maximum Gasteiger partial charge on any atom is 0.338 e. The summed E-state index contributed by atoms with van der Waals surface area (Å²) in [6.07, 6.45) is 3.16. The highest BCUT2D eigenvalue weighted by Crippen LogP contribution is 2.40. The number of hydrogen-bond acceptors (Lipinski definition) is 8. The summed E-state index contributed by atoms with van der Waals surface area (Å²) in [5.41, 5.74) is -0.123. The van der Waals surface area contributed by atoms with Gasteiger partial charge in [-0.05, 0) is 37.1 Å². The molecule has 35 heavy (non-hydrogen) atoms. The number of esters is 1. The lowest BCUT2D eigenvalue weighted by atomic mass is 9.81. The first kappa shape index (κ1) is 23.9. The molecule has 1 N–H and O–H groups in total. The Morgan fingerprint density at radius 2 is 1.77 bits per heavy atom. The van der Waals surface area contributed by atoms with E-state index >= 15 is 0 Å². The Balaban J connectivity index is 1.42. The molecule has 0 bridgehead atoms. The van der Waals surface area contributed by atoms with Crippen LogP contribution in [0.15, 0.2) is 42.5 Å². The third kappa shape index (κ3) is 4.84. The largest absolute Gasteiger partial charge is 0.497 e. The van der Waals surface area contributed by atoms with Crippen molar-refractivity contribution < 1.29 is 33.6 Å². The van der Waals surface area contributed by atoms with Crippen LogP contribution in [0.3, 0.4) is 0 Å². The normalized spacial score (nSPS) is 19.2. The zero-order chi connectivity index (χ0) is 25.1. The van der Waals surface area contributed by atoms with E-state index in [2.05, 4.69) is 5.32 Å². The monoisotopic (exact) mass is 481 g/mol. The van der Waals surface area contributed by atoms with E-state index in [0.717, 1.165) is 17.7 Å². The number of anilines is 2. The molecule has 2 aromatic carbocycles. The van der Waals surface area contributed by atoms with Gasteiger partial charge in [0.2, 0.25) is 11.8 Å². The van der Waals surface area contributed by atoms with E-state index < -0.39 is 23.4 Å². The van der Waals surface area contributed by atoms with Crippen LogP contribution in [0, 0.1) is 22.0 Å². The molecule has 2 aromatic rings. The Labute approximate surface area is 200 Å². The predicted molar refractivity (Wildman–Crippen MR) is 123 cm³/mol. The first-order chi connectivity index (χ1) is 16.8. The fourth-order valence-electron chi connectivity index (χ4n) is 4.49. The van der Waals surface area contributed by atoms with Crippen LogP contribution in [0.1, 0.15) is 36.0 Å². The van der Waals surface area contributed by atoms with E-state index in [1.54, 1.807) is 6.07 Å². The molecular formula is C24H23N3O8. The van der Waals surface area contributed by atoms with Crippen molar-refractivity contribution in [1.82, 2.24) is 0 Å². The van der Waals surface area contributed by atoms with Crippen molar-refractivity contribution in [2.24, 2.45) is 11.8 Å². The molecule has 182 valence electrons. The molecule has 0 radical (unpaired) electrons. The average Bonchev–Trinajstić information content (AvgIpc) is 3.12. The van der Waals surface area contributed by atoms with Gasteiger partial charge in [0.25, 0.3) is 11.6 Å². The second-order valence-electron chi connectivity index (χ2n) is 8.32. The molecule has 0 aromatic heterocycles. The van der Waals surface area contributed by atoms with Crippen molar-refractivity contribution in [3.05, 3.63) is 58.1 Å². The number of imide groups is 1. The Hall–Kier alpha value is -4.28. The van der Waals surface area contributed by atoms with E-state index in [1.807, 2.05) is 0 Å². The number of rotatable bonds is 7. The first-order valence-electron chi connectivity index (χ1n) is 11.1. The topological polar surface area (TPSA) is 145 Å². The van der Waals surface area contributed by atoms with Crippen molar-refractivity contribution in [3.63, 3.8) is 0 Å². The Bertz CT molecular complexity index is 1190. The minimum absolute atomic E-state index is 0.0538. The number of hydrogen-bond donors (Lipinski definition) is 1. The highest BCUT2D eigenvalue weighted by molar-refractivity contribution is 6.22. The van der Waals surface area contributed by atoms with Gasteiger partial charge in [-0.1, -0.05) is 18.9 Å². The number of benzene rings is 2. The number of fused-ring (bicyclic) bond motifs is 1. The number of methoxy groups -OCH3 is 1. The van der Waals surface area contributed by atoms with E-state index in [4.69, 9.17) is 9.47 Å². The van der Waals surface area contributed by atoms with Gasteiger partial charge in [0.1, 0.15) is 11.4 Å². The van der Waals surface area contributed by atoms with Crippen LogP contribution in [0.2, 0.25) is 0 Å². The Kier molecular flexibility index (Phi) is 6.76. The lowest BCUT2D eigenvalue weighted by molar-refractivity contribution is -0.383. The van der Waals surface area contributed by atoms with Gasteiger partial charge in [0.15, 0.2) is 6.61 Å². The number of nitro benzene ring substituents is 1. The first-order valence-corrected chi connectivity index (χ1v) is 11.1. The zero-order valence-corrected chi connectivity index (χ0v) is 18.9.